The van der Waals surface area contributed by atoms with Crippen molar-refractivity contribution in [1.29, 1.82) is 0 Å². The summed E-state index contributed by atoms with van der Waals surface area (Å²) in [4.78, 5) is 12.1. The van der Waals surface area contributed by atoms with E-state index in [1.165, 1.54) is 26.4 Å². The number of benzene rings is 3. The highest BCUT2D eigenvalue weighted by molar-refractivity contribution is 7.92. The third-order valence-electron chi connectivity index (χ3n) is 4.41. The van der Waals surface area contributed by atoms with Gasteiger partial charge in [-0.25, -0.2) is 8.42 Å². The number of hydrogen-bond acceptors (Lipinski definition) is 5. The van der Waals surface area contributed by atoms with E-state index in [4.69, 9.17) is 9.47 Å². The molecule has 0 heterocycles. The summed E-state index contributed by atoms with van der Waals surface area (Å²) >= 11 is 0. The molecule has 0 saturated carbocycles. The number of carbonyl (C=O) groups is 1. The summed E-state index contributed by atoms with van der Waals surface area (Å²) in [6.45, 7) is -0.450. The van der Waals surface area contributed by atoms with E-state index in [1.54, 1.807) is 24.3 Å². The second-order valence-electron chi connectivity index (χ2n) is 6.15. The summed E-state index contributed by atoms with van der Waals surface area (Å²) < 4.78 is 37.8. The van der Waals surface area contributed by atoms with Crippen LogP contribution in [-0.4, -0.2) is 35.2 Å². The molecule has 0 aliphatic carbocycles. The summed E-state index contributed by atoms with van der Waals surface area (Å²) in [7, 11) is -1.31. The molecular weight excluding hydrogens is 390 g/mol. The van der Waals surface area contributed by atoms with Gasteiger partial charge >= 0.3 is 5.97 Å². The number of para-hydroxylation sites is 1. The average Bonchev–Trinajstić information content (AvgIpc) is 2.77. The largest absolute Gasteiger partial charge is 0.497 e. The molecule has 0 amide bonds. The van der Waals surface area contributed by atoms with Gasteiger partial charge in [0.25, 0.3) is 10.0 Å². The lowest BCUT2D eigenvalue weighted by Crippen LogP contribution is -2.36. The molecular formula is C22H21NO5S. The molecule has 0 unspecified atom stereocenters. The summed E-state index contributed by atoms with van der Waals surface area (Å²) in [6, 6.07) is 22.5. The molecule has 0 N–H and O–H groups in total. The van der Waals surface area contributed by atoms with Gasteiger partial charge in [0.1, 0.15) is 12.3 Å². The van der Waals surface area contributed by atoms with Gasteiger partial charge in [0.15, 0.2) is 0 Å². The highest BCUT2D eigenvalue weighted by Crippen LogP contribution is 2.34. The second-order valence-corrected chi connectivity index (χ2v) is 8.01. The molecule has 7 heteroatoms. The fourth-order valence-corrected chi connectivity index (χ4v) is 4.34. The number of carbonyl (C=O) groups excluding carboxylic acids is 1. The van der Waals surface area contributed by atoms with E-state index in [9.17, 15) is 13.2 Å². The van der Waals surface area contributed by atoms with Gasteiger partial charge in [0.2, 0.25) is 0 Å². The van der Waals surface area contributed by atoms with Crippen molar-refractivity contribution >= 4 is 21.7 Å². The van der Waals surface area contributed by atoms with E-state index < -0.39 is 22.5 Å². The quantitative estimate of drug-likeness (QED) is 0.554. The van der Waals surface area contributed by atoms with Crippen LogP contribution in [0.2, 0.25) is 0 Å². The van der Waals surface area contributed by atoms with Crippen LogP contribution in [0.25, 0.3) is 11.1 Å². The predicted octanol–water partition coefficient (Wildman–Crippen LogP) is 3.73. The first-order valence-corrected chi connectivity index (χ1v) is 10.3. The minimum absolute atomic E-state index is 0.0464. The maximum absolute atomic E-state index is 13.4. The van der Waals surface area contributed by atoms with Crippen LogP contribution in [0, 0.1) is 0 Å². The van der Waals surface area contributed by atoms with Gasteiger partial charge in [-0.15, -0.1) is 0 Å². The minimum atomic E-state index is -4.04. The molecule has 6 nitrogen and oxygen atoms in total. The van der Waals surface area contributed by atoms with Gasteiger partial charge in [-0.05, 0) is 35.9 Å². The maximum Gasteiger partial charge on any atom is 0.326 e. The Balaban J connectivity index is 2.15. The van der Waals surface area contributed by atoms with Gasteiger partial charge in [-0.3, -0.25) is 9.10 Å². The van der Waals surface area contributed by atoms with Crippen molar-refractivity contribution in [2.24, 2.45) is 0 Å². The average molecular weight is 411 g/mol. The SMILES string of the molecule is COC(=O)CN(c1ccccc1-c1ccccc1)S(=O)(=O)c1ccc(OC)cc1. The van der Waals surface area contributed by atoms with Crippen molar-refractivity contribution in [3.8, 4) is 16.9 Å². The van der Waals surface area contributed by atoms with Crippen LogP contribution < -0.4 is 9.04 Å². The van der Waals surface area contributed by atoms with Crippen LogP contribution >= 0.6 is 0 Å². The fraction of sp³-hybridized carbons (Fsp3) is 0.136. The first-order chi connectivity index (χ1) is 14.0. The van der Waals surface area contributed by atoms with E-state index >= 15 is 0 Å². The van der Waals surface area contributed by atoms with Crippen LogP contribution in [0.1, 0.15) is 0 Å². The minimum Gasteiger partial charge on any atom is -0.497 e. The van der Waals surface area contributed by atoms with E-state index in [0.29, 0.717) is 17.0 Å². The number of hydrogen-bond donors (Lipinski definition) is 0. The fourth-order valence-electron chi connectivity index (χ4n) is 2.91. The maximum atomic E-state index is 13.4. The molecule has 0 aliphatic rings. The monoisotopic (exact) mass is 411 g/mol. The van der Waals surface area contributed by atoms with E-state index in [2.05, 4.69) is 0 Å². The van der Waals surface area contributed by atoms with Crippen molar-refractivity contribution in [2.75, 3.05) is 25.1 Å². The molecule has 3 aromatic rings. The summed E-state index contributed by atoms with van der Waals surface area (Å²) in [5.74, 6) is -0.127. The lowest BCUT2D eigenvalue weighted by atomic mass is 10.0. The van der Waals surface area contributed by atoms with Crippen LogP contribution in [0.15, 0.2) is 83.8 Å². The summed E-state index contributed by atoms with van der Waals surface area (Å²) in [6.07, 6.45) is 0. The third kappa shape index (κ3) is 4.41. The standard InChI is InChI=1S/C22H21NO5S/c1-27-18-12-14-19(15-13-18)29(25,26)23(16-22(24)28-2)21-11-7-6-10-20(21)17-8-4-3-5-9-17/h3-15H,16H2,1-2H3. The van der Waals surface area contributed by atoms with Crippen LogP contribution in [0.5, 0.6) is 5.75 Å². The lowest BCUT2D eigenvalue weighted by Gasteiger charge is -2.26. The molecule has 0 fully saturated rings. The number of esters is 1. The molecule has 29 heavy (non-hydrogen) atoms. The molecule has 0 radical (unpaired) electrons. The normalized spacial score (nSPS) is 11.0. The van der Waals surface area contributed by atoms with Gasteiger partial charge in [0, 0.05) is 5.56 Å². The molecule has 150 valence electrons. The molecule has 0 spiro atoms. The Labute approximate surface area is 170 Å². The van der Waals surface area contributed by atoms with Gasteiger partial charge in [0.05, 0.1) is 24.8 Å². The Hall–Kier alpha value is -3.32. The summed E-state index contributed by atoms with van der Waals surface area (Å²) in [5, 5.41) is 0. The molecule has 3 aromatic carbocycles. The van der Waals surface area contributed by atoms with Gasteiger partial charge in [-0.2, -0.15) is 0 Å². The van der Waals surface area contributed by atoms with Crippen LogP contribution in [-0.2, 0) is 19.6 Å². The van der Waals surface area contributed by atoms with Crippen LogP contribution in [0.3, 0.4) is 0 Å². The second kappa shape index (κ2) is 8.79. The first-order valence-electron chi connectivity index (χ1n) is 8.85. The first kappa shape index (κ1) is 20.4. The van der Waals surface area contributed by atoms with Gasteiger partial charge in [-0.1, -0.05) is 48.5 Å². The molecule has 0 aromatic heterocycles. The highest BCUT2D eigenvalue weighted by Gasteiger charge is 2.29. The lowest BCUT2D eigenvalue weighted by molar-refractivity contribution is -0.138. The molecule has 0 bridgehead atoms. The zero-order valence-electron chi connectivity index (χ0n) is 16.1. The number of anilines is 1. The van der Waals surface area contributed by atoms with E-state index in [-0.39, 0.29) is 4.90 Å². The van der Waals surface area contributed by atoms with E-state index in [0.717, 1.165) is 9.87 Å². The predicted molar refractivity (Wildman–Crippen MR) is 111 cm³/mol. The Kier molecular flexibility index (Phi) is 6.19. The number of sulfonamides is 1. The Morgan fingerprint density at radius 1 is 0.862 bits per heavy atom. The molecule has 3 rings (SSSR count). The topological polar surface area (TPSA) is 72.9 Å². The molecule has 0 aliphatic heterocycles. The van der Waals surface area contributed by atoms with Crippen molar-refractivity contribution in [1.82, 2.24) is 0 Å². The van der Waals surface area contributed by atoms with Crippen molar-refractivity contribution in [3.05, 3.63) is 78.9 Å². The van der Waals surface area contributed by atoms with Crippen molar-refractivity contribution < 1.29 is 22.7 Å². The Morgan fingerprint density at radius 2 is 1.48 bits per heavy atom. The Bertz CT molecular complexity index is 1080. The zero-order valence-corrected chi connectivity index (χ0v) is 16.9. The third-order valence-corrected chi connectivity index (χ3v) is 6.18. The molecule has 0 atom stereocenters. The van der Waals surface area contributed by atoms with Crippen molar-refractivity contribution in [2.45, 2.75) is 4.90 Å². The van der Waals surface area contributed by atoms with E-state index in [1.807, 2.05) is 42.5 Å². The zero-order chi connectivity index (χ0) is 20.9. The van der Waals surface area contributed by atoms with Crippen molar-refractivity contribution in [3.63, 3.8) is 0 Å². The number of ether oxygens (including phenoxy) is 2. The summed E-state index contributed by atoms with van der Waals surface area (Å²) in [5.41, 5.74) is 1.91. The smallest absolute Gasteiger partial charge is 0.326 e. The van der Waals surface area contributed by atoms with Gasteiger partial charge < -0.3 is 9.47 Å². The number of rotatable bonds is 7. The molecule has 0 saturated heterocycles. The number of methoxy groups -OCH3 is 2. The highest BCUT2D eigenvalue weighted by atomic mass is 32.2. The number of nitrogens with zero attached hydrogens (tertiary/aromatic N) is 1. The Morgan fingerprint density at radius 3 is 2.10 bits per heavy atom. The van der Waals surface area contributed by atoms with Crippen LogP contribution in [0.4, 0.5) is 5.69 Å².